The number of H-pyrrole nitrogens is 1. The minimum atomic E-state index is 0.0324. The summed E-state index contributed by atoms with van der Waals surface area (Å²) < 4.78 is 0. The quantitative estimate of drug-likeness (QED) is 0.695. The molecule has 0 aromatic carbocycles. The van der Waals surface area contributed by atoms with Crippen molar-refractivity contribution in [1.82, 2.24) is 30.2 Å². The van der Waals surface area contributed by atoms with Crippen molar-refractivity contribution < 1.29 is 4.79 Å². The predicted molar refractivity (Wildman–Crippen MR) is 77.3 cm³/mol. The van der Waals surface area contributed by atoms with Gasteiger partial charge >= 0.3 is 6.03 Å². The number of nitrogens with zero attached hydrogens (tertiary/aromatic N) is 5. The van der Waals surface area contributed by atoms with Gasteiger partial charge in [-0.25, -0.2) is 9.78 Å². The highest BCUT2D eigenvalue weighted by Gasteiger charge is 2.36. The maximum Gasteiger partial charge on any atom is 0.317 e. The molecular weight excluding hydrogens is 272 g/mol. The molecule has 2 aliphatic rings. The van der Waals surface area contributed by atoms with E-state index in [0.29, 0.717) is 24.7 Å². The minimum Gasteiger partial charge on any atom is -0.357 e. The molecule has 9 heteroatoms. The normalized spacial score (nSPS) is 21.6. The van der Waals surface area contributed by atoms with Crippen molar-refractivity contribution in [1.29, 1.82) is 0 Å². The number of aromatic amines is 1. The molecule has 4 rings (SSSR count). The fraction of sp³-hybridized carbons (Fsp3) is 0.500. The molecule has 4 heterocycles. The Morgan fingerprint density at radius 1 is 1.38 bits per heavy atom. The Hall–Kier alpha value is -2.58. The molecule has 2 amide bonds. The molecule has 1 unspecified atom stereocenters. The number of nitrogens with one attached hydrogen (secondary N) is 3. The van der Waals surface area contributed by atoms with E-state index in [0.717, 1.165) is 24.4 Å². The van der Waals surface area contributed by atoms with Crippen molar-refractivity contribution >= 4 is 29.0 Å². The van der Waals surface area contributed by atoms with E-state index < -0.39 is 0 Å². The number of fused-ring (bicyclic) bond motifs is 2. The van der Waals surface area contributed by atoms with Gasteiger partial charge in [0.1, 0.15) is 5.52 Å². The summed E-state index contributed by atoms with van der Waals surface area (Å²) in [5.74, 6) is 1.38. The van der Waals surface area contributed by atoms with Crippen molar-refractivity contribution in [3.05, 3.63) is 6.33 Å². The standard InChI is InChI=1S/C12H16N8O/c1-13-11-17-9-8(15-6-16-9)10(18-11)19-2-3-20-7(5-19)4-14-12(20)21/h6-7H,2-5H2,1H3,(H,14,21)(H2,13,15,16,17,18). The monoisotopic (exact) mass is 288 g/mol. The Balaban J connectivity index is 1.70. The molecular formula is C12H16N8O. The van der Waals surface area contributed by atoms with E-state index in [9.17, 15) is 4.79 Å². The highest BCUT2D eigenvalue weighted by Crippen LogP contribution is 2.25. The van der Waals surface area contributed by atoms with Crippen LogP contribution in [0.1, 0.15) is 0 Å². The first kappa shape index (κ1) is 12.2. The van der Waals surface area contributed by atoms with Crippen LogP contribution >= 0.6 is 0 Å². The van der Waals surface area contributed by atoms with Gasteiger partial charge in [-0.2, -0.15) is 9.97 Å². The molecule has 1 atom stereocenters. The van der Waals surface area contributed by atoms with Gasteiger partial charge < -0.3 is 25.4 Å². The first-order chi connectivity index (χ1) is 10.3. The molecule has 0 spiro atoms. The number of hydrogen-bond donors (Lipinski definition) is 3. The lowest BCUT2D eigenvalue weighted by molar-refractivity contribution is 0.197. The van der Waals surface area contributed by atoms with Crippen LogP contribution in [0.25, 0.3) is 11.2 Å². The van der Waals surface area contributed by atoms with Crippen LogP contribution in [0, 0.1) is 0 Å². The van der Waals surface area contributed by atoms with E-state index in [1.165, 1.54) is 0 Å². The second kappa shape index (κ2) is 4.47. The first-order valence-electron chi connectivity index (χ1n) is 6.94. The lowest BCUT2D eigenvalue weighted by Crippen LogP contribution is -2.52. The van der Waals surface area contributed by atoms with E-state index in [1.54, 1.807) is 13.4 Å². The van der Waals surface area contributed by atoms with Gasteiger partial charge in [0.15, 0.2) is 11.5 Å². The smallest absolute Gasteiger partial charge is 0.317 e. The SMILES string of the molecule is CNc1nc(N2CCN3C(=O)NCC3C2)c2[nH]cnc2n1. The van der Waals surface area contributed by atoms with Gasteiger partial charge in [0.05, 0.1) is 12.4 Å². The van der Waals surface area contributed by atoms with Gasteiger partial charge in [-0.3, -0.25) is 0 Å². The summed E-state index contributed by atoms with van der Waals surface area (Å²) in [6.07, 6.45) is 1.62. The molecule has 110 valence electrons. The number of carbonyl (C=O) groups excluding carboxylic acids is 1. The Morgan fingerprint density at radius 2 is 2.29 bits per heavy atom. The fourth-order valence-corrected chi connectivity index (χ4v) is 2.95. The number of amides is 2. The van der Waals surface area contributed by atoms with Gasteiger partial charge in [-0.15, -0.1) is 0 Å². The third kappa shape index (κ3) is 1.84. The molecule has 9 nitrogen and oxygen atoms in total. The summed E-state index contributed by atoms with van der Waals surface area (Å²) in [6, 6.07) is 0.224. The van der Waals surface area contributed by atoms with Gasteiger partial charge in [-0.05, 0) is 0 Å². The highest BCUT2D eigenvalue weighted by molar-refractivity contribution is 5.85. The molecule has 2 aliphatic heterocycles. The molecule has 3 N–H and O–H groups in total. The molecule has 2 saturated heterocycles. The largest absolute Gasteiger partial charge is 0.357 e. The molecule has 21 heavy (non-hydrogen) atoms. The zero-order valence-electron chi connectivity index (χ0n) is 11.6. The second-order valence-corrected chi connectivity index (χ2v) is 5.20. The first-order valence-corrected chi connectivity index (χ1v) is 6.94. The Bertz CT molecular complexity index is 698. The third-order valence-corrected chi connectivity index (χ3v) is 4.02. The lowest BCUT2D eigenvalue weighted by atomic mass is 10.2. The van der Waals surface area contributed by atoms with Crippen LogP contribution in [0.2, 0.25) is 0 Å². The number of aromatic nitrogens is 4. The maximum absolute atomic E-state index is 11.7. The zero-order chi connectivity index (χ0) is 14.4. The third-order valence-electron chi connectivity index (χ3n) is 4.02. The highest BCUT2D eigenvalue weighted by atomic mass is 16.2. The van der Waals surface area contributed by atoms with Crippen molar-refractivity contribution in [2.75, 3.05) is 43.4 Å². The van der Waals surface area contributed by atoms with Crippen molar-refractivity contribution in [3.63, 3.8) is 0 Å². The van der Waals surface area contributed by atoms with Crippen LogP contribution in [0.5, 0.6) is 0 Å². The lowest BCUT2D eigenvalue weighted by Gasteiger charge is -2.37. The fourth-order valence-electron chi connectivity index (χ4n) is 2.95. The number of carbonyl (C=O) groups is 1. The van der Waals surface area contributed by atoms with E-state index in [4.69, 9.17) is 0 Å². The molecule has 0 bridgehead atoms. The number of rotatable bonds is 2. The summed E-state index contributed by atoms with van der Waals surface area (Å²) in [7, 11) is 1.79. The molecule has 0 radical (unpaired) electrons. The van der Waals surface area contributed by atoms with Gasteiger partial charge in [-0.1, -0.05) is 0 Å². The number of anilines is 2. The molecule has 2 aromatic rings. The van der Waals surface area contributed by atoms with Crippen molar-refractivity contribution in [2.24, 2.45) is 0 Å². The van der Waals surface area contributed by atoms with Gasteiger partial charge in [0.25, 0.3) is 0 Å². The average Bonchev–Trinajstić information content (AvgIpc) is 3.12. The van der Waals surface area contributed by atoms with E-state index in [2.05, 4.69) is 35.5 Å². The second-order valence-electron chi connectivity index (χ2n) is 5.20. The van der Waals surface area contributed by atoms with Crippen LogP contribution < -0.4 is 15.5 Å². The molecule has 0 aliphatic carbocycles. The van der Waals surface area contributed by atoms with Crippen LogP contribution in [0.3, 0.4) is 0 Å². The summed E-state index contributed by atoms with van der Waals surface area (Å²) >= 11 is 0. The van der Waals surface area contributed by atoms with Gasteiger partial charge in [0.2, 0.25) is 5.95 Å². The summed E-state index contributed by atoms with van der Waals surface area (Å²) in [5.41, 5.74) is 1.48. The number of imidazole rings is 1. The Kier molecular flexibility index (Phi) is 2.59. The van der Waals surface area contributed by atoms with E-state index >= 15 is 0 Å². The van der Waals surface area contributed by atoms with Gasteiger partial charge in [0, 0.05) is 33.2 Å². The summed E-state index contributed by atoms with van der Waals surface area (Å²) in [4.78, 5) is 31.9. The zero-order valence-corrected chi connectivity index (χ0v) is 11.6. The minimum absolute atomic E-state index is 0.0324. The van der Waals surface area contributed by atoms with Crippen LogP contribution in [0.4, 0.5) is 16.6 Å². The number of urea groups is 1. The van der Waals surface area contributed by atoms with Crippen LogP contribution in [0.15, 0.2) is 6.33 Å². The van der Waals surface area contributed by atoms with E-state index in [-0.39, 0.29) is 12.1 Å². The molecule has 0 saturated carbocycles. The Morgan fingerprint density at radius 3 is 3.14 bits per heavy atom. The van der Waals surface area contributed by atoms with Crippen molar-refractivity contribution in [2.45, 2.75) is 6.04 Å². The van der Waals surface area contributed by atoms with Crippen LogP contribution in [-0.4, -0.2) is 70.1 Å². The summed E-state index contributed by atoms with van der Waals surface area (Å²) in [5, 5.41) is 5.85. The average molecular weight is 288 g/mol. The predicted octanol–water partition coefficient (Wildman–Crippen LogP) is -0.392. The van der Waals surface area contributed by atoms with E-state index in [1.807, 2.05) is 4.90 Å². The topological polar surface area (TPSA) is 102 Å². The summed E-state index contributed by atoms with van der Waals surface area (Å²) in [6.45, 7) is 2.89. The number of hydrogen-bond acceptors (Lipinski definition) is 6. The van der Waals surface area contributed by atoms with Crippen LogP contribution in [-0.2, 0) is 0 Å². The maximum atomic E-state index is 11.7. The molecule has 2 fully saturated rings. The van der Waals surface area contributed by atoms with Crippen molar-refractivity contribution in [3.8, 4) is 0 Å². The molecule has 2 aromatic heterocycles. The Labute approximate surface area is 120 Å². The number of piperazine rings is 1.